The topological polar surface area (TPSA) is 99.8 Å². The highest BCUT2D eigenvalue weighted by molar-refractivity contribution is 6.41. The number of hydrogen-bond donors (Lipinski definition) is 1. The number of fused-ring (bicyclic) bond motifs is 1. The first-order chi connectivity index (χ1) is 12.5. The maximum atomic E-state index is 11.2. The summed E-state index contributed by atoms with van der Waals surface area (Å²) in [4.78, 5) is 19.6. The van der Waals surface area contributed by atoms with Gasteiger partial charge in [0.25, 0.3) is 5.89 Å². The van der Waals surface area contributed by atoms with E-state index in [1.165, 1.54) is 6.20 Å². The number of pyridine rings is 1. The van der Waals surface area contributed by atoms with Crippen molar-refractivity contribution in [3.05, 3.63) is 52.9 Å². The Balaban J connectivity index is 1.77. The zero-order chi connectivity index (χ0) is 18.3. The molecule has 2 N–H and O–H groups in total. The van der Waals surface area contributed by atoms with E-state index in [0.717, 1.165) is 16.5 Å². The third-order valence-corrected chi connectivity index (χ3v) is 4.54. The lowest BCUT2D eigenvalue weighted by atomic mass is 10.1. The number of primary amides is 1. The quantitative estimate of drug-likeness (QED) is 0.539. The molecule has 1 amide bonds. The molecule has 3 heterocycles. The van der Waals surface area contributed by atoms with Crippen molar-refractivity contribution in [2.24, 2.45) is 5.73 Å². The molecule has 0 bridgehead atoms. The summed E-state index contributed by atoms with van der Waals surface area (Å²) in [6.07, 6.45) is 3.30. The average Bonchev–Trinajstić information content (AvgIpc) is 3.24. The Morgan fingerprint density at radius 1 is 1.27 bits per heavy atom. The Kier molecular flexibility index (Phi) is 4.10. The highest BCUT2D eigenvalue weighted by atomic mass is 35.5. The van der Waals surface area contributed by atoms with Gasteiger partial charge in [-0.05, 0) is 18.2 Å². The van der Waals surface area contributed by atoms with Crippen molar-refractivity contribution >= 4 is 40.0 Å². The van der Waals surface area contributed by atoms with E-state index in [-0.39, 0.29) is 17.6 Å². The fourth-order valence-electron chi connectivity index (χ4n) is 2.71. The lowest BCUT2D eigenvalue weighted by Gasteiger charge is -2.03. The molecule has 0 aliphatic rings. The van der Waals surface area contributed by atoms with Crippen LogP contribution in [0.2, 0.25) is 10.2 Å². The predicted octanol–water partition coefficient (Wildman–Crippen LogP) is 3.55. The highest BCUT2D eigenvalue weighted by Gasteiger charge is 2.16. The summed E-state index contributed by atoms with van der Waals surface area (Å²) in [6.45, 7) is 0.0966. The summed E-state index contributed by atoms with van der Waals surface area (Å²) in [7, 11) is 0. The number of amides is 1. The SMILES string of the molecule is NC(=O)Cn1ccc2c(-c3noc(-c4cnc(Cl)c(Cl)c4)n3)cccc21. The van der Waals surface area contributed by atoms with Crippen molar-refractivity contribution in [2.45, 2.75) is 6.54 Å². The standard InChI is InChI=1S/C17H11Cl2N5O2/c18-12-6-9(7-21-15(12)19)17-22-16(23-26-17)11-2-1-3-13-10(11)4-5-24(13)8-14(20)25/h1-7H,8H2,(H2,20,25). The fraction of sp³-hybridized carbons (Fsp3) is 0.0588. The van der Waals surface area contributed by atoms with Crippen LogP contribution in [0, 0.1) is 0 Å². The smallest absolute Gasteiger partial charge is 0.259 e. The number of carbonyl (C=O) groups excluding carboxylic acids is 1. The monoisotopic (exact) mass is 387 g/mol. The molecule has 0 saturated heterocycles. The molecule has 4 aromatic rings. The van der Waals surface area contributed by atoms with E-state index < -0.39 is 5.91 Å². The summed E-state index contributed by atoms with van der Waals surface area (Å²) in [5.41, 5.74) is 7.48. The van der Waals surface area contributed by atoms with Gasteiger partial charge in [-0.3, -0.25) is 4.79 Å². The van der Waals surface area contributed by atoms with Crippen molar-refractivity contribution in [2.75, 3.05) is 0 Å². The lowest BCUT2D eigenvalue weighted by Crippen LogP contribution is -2.17. The fourth-order valence-corrected chi connectivity index (χ4v) is 2.98. The molecular weight excluding hydrogens is 377 g/mol. The minimum Gasteiger partial charge on any atom is -0.368 e. The number of carbonyl (C=O) groups is 1. The molecule has 0 unspecified atom stereocenters. The summed E-state index contributed by atoms with van der Waals surface area (Å²) in [5, 5.41) is 5.43. The first kappa shape index (κ1) is 16.6. The Bertz CT molecular complexity index is 1140. The van der Waals surface area contributed by atoms with Crippen molar-refractivity contribution < 1.29 is 9.32 Å². The van der Waals surface area contributed by atoms with Crippen molar-refractivity contribution in [1.29, 1.82) is 0 Å². The lowest BCUT2D eigenvalue weighted by molar-refractivity contribution is -0.118. The summed E-state index contributed by atoms with van der Waals surface area (Å²) in [6, 6.07) is 9.11. The Labute approximate surface area is 157 Å². The second kappa shape index (κ2) is 6.44. The van der Waals surface area contributed by atoms with Gasteiger partial charge in [-0.25, -0.2) is 4.98 Å². The van der Waals surface area contributed by atoms with Crippen LogP contribution in [0.1, 0.15) is 0 Å². The number of nitrogens with zero attached hydrogens (tertiary/aromatic N) is 4. The number of benzene rings is 1. The number of hydrogen-bond acceptors (Lipinski definition) is 5. The van der Waals surface area contributed by atoms with Crippen LogP contribution >= 0.6 is 23.2 Å². The molecular formula is C17H11Cl2N5O2. The van der Waals surface area contributed by atoms with Crippen LogP contribution in [0.3, 0.4) is 0 Å². The van der Waals surface area contributed by atoms with Gasteiger partial charge in [0, 0.05) is 28.9 Å². The van der Waals surface area contributed by atoms with Gasteiger partial charge in [0.1, 0.15) is 11.7 Å². The highest BCUT2D eigenvalue weighted by Crippen LogP contribution is 2.30. The van der Waals surface area contributed by atoms with Crippen LogP contribution in [0.5, 0.6) is 0 Å². The van der Waals surface area contributed by atoms with E-state index in [9.17, 15) is 4.79 Å². The second-order valence-electron chi connectivity index (χ2n) is 5.57. The summed E-state index contributed by atoms with van der Waals surface area (Å²) < 4.78 is 7.11. The summed E-state index contributed by atoms with van der Waals surface area (Å²) >= 11 is 11.8. The largest absolute Gasteiger partial charge is 0.368 e. The maximum absolute atomic E-state index is 11.2. The third-order valence-electron chi connectivity index (χ3n) is 3.85. The van der Waals surface area contributed by atoms with Crippen molar-refractivity contribution in [3.8, 4) is 22.8 Å². The Morgan fingerprint density at radius 2 is 2.12 bits per heavy atom. The first-order valence-corrected chi connectivity index (χ1v) is 8.30. The molecule has 9 heteroatoms. The summed E-state index contributed by atoms with van der Waals surface area (Å²) in [5.74, 6) is 0.273. The van der Waals surface area contributed by atoms with Crippen LogP contribution < -0.4 is 5.73 Å². The molecule has 0 fully saturated rings. The maximum Gasteiger partial charge on any atom is 0.259 e. The minimum absolute atomic E-state index is 0.0966. The molecule has 3 aromatic heterocycles. The molecule has 7 nitrogen and oxygen atoms in total. The molecule has 1 aromatic carbocycles. The van der Waals surface area contributed by atoms with Gasteiger partial charge < -0.3 is 14.8 Å². The first-order valence-electron chi connectivity index (χ1n) is 7.54. The molecule has 0 saturated carbocycles. The third kappa shape index (κ3) is 2.91. The zero-order valence-corrected chi connectivity index (χ0v) is 14.7. The second-order valence-corrected chi connectivity index (χ2v) is 6.33. The molecule has 0 aliphatic carbocycles. The minimum atomic E-state index is -0.415. The van der Waals surface area contributed by atoms with E-state index in [0.29, 0.717) is 16.4 Å². The number of rotatable bonds is 4. The molecule has 4 rings (SSSR count). The van der Waals surface area contributed by atoms with Gasteiger partial charge in [0.05, 0.1) is 10.6 Å². The van der Waals surface area contributed by atoms with E-state index in [1.54, 1.807) is 16.8 Å². The van der Waals surface area contributed by atoms with Crippen molar-refractivity contribution in [1.82, 2.24) is 19.7 Å². The van der Waals surface area contributed by atoms with E-state index in [4.69, 9.17) is 33.5 Å². The predicted molar refractivity (Wildman–Crippen MR) is 97.7 cm³/mol. The molecule has 0 radical (unpaired) electrons. The van der Waals surface area contributed by atoms with Gasteiger partial charge in [-0.1, -0.05) is 40.5 Å². The molecule has 26 heavy (non-hydrogen) atoms. The average molecular weight is 388 g/mol. The molecule has 0 spiro atoms. The van der Waals surface area contributed by atoms with Crippen LogP contribution in [0.15, 0.2) is 47.2 Å². The van der Waals surface area contributed by atoms with E-state index in [1.807, 2.05) is 24.3 Å². The number of nitrogens with two attached hydrogens (primary N) is 1. The molecule has 0 aliphatic heterocycles. The van der Waals surface area contributed by atoms with Gasteiger partial charge in [0.2, 0.25) is 11.7 Å². The van der Waals surface area contributed by atoms with Gasteiger partial charge in [0.15, 0.2) is 0 Å². The Morgan fingerprint density at radius 3 is 2.88 bits per heavy atom. The molecule has 0 atom stereocenters. The van der Waals surface area contributed by atoms with Crippen LogP contribution in [-0.2, 0) is 11.3 Å². The zero-order valence-electron chi connectivity index (χ0n) is 13.2. The van der Waals surface area contributed by atoms with Crippen molar-refractivity contribution in [3.63, 3.8) is 0 Å². The van der Waals surface area contributed by atoms with E-state index in [2.05, 4.69) is 15.1 Å². The number of halogens is 2. The normalized spacial score (nSPS) is 11.2. The molecule has 130 valence electrons. The van der Waals surface area contributed by atoms with Crippen LogP contribution in [0.4, 0.5) is 0 Å². The van der Waals surface area contributed by atoms with E-state index >= 15 is 0 Å². The van der Waals surface area contributed by atoms with Gasteiger partial charge in [-0.15, -0.1) is 0 Å². The number of aromatic nitrogens is 4. The van der Waals surface area contributed by atoms with Gasteiger partial charge in [-0.2, -0.15) is 4.98 Å². The van der Waals surface area contributed by atoms with Gasteiger partial charge >= 0.3 is 0 Å². The van der Waals surface area contributed by atoms with Crippen LogP contribution in [-0.4, -0.2) is 25.6 Å². The van der Waals surface area contributed by atoms with Crippen LogP contribution in [0.25, 0.3) is 33.7 Å². The Hall–Kier alpha value is -2.90.